The normalized spacial score (nSPS) is 10.9. The zero-order valence-corrected chi connectivity index (χ0v) is 16.2. The van der Waals surface area contributed by atoms with Gasteiger partial charge in [0, 0.05) is 23.9 Å². The number of aryl methyl sites for hydroxylation is 1. The summed E-state index contributed by atoms with van der Waals surface area (Å²) in [5.41, 5.74) is 2.52. The first kappa shape index (κ1) is 18.6. The molecule has 3 aromatic heterocycles. The topological polar surface area (TPSA) is 86.5 Å². The molecule has 8 nitrogen and oxygen atoms in total. The number of benzene rings is 1. The first-order valence-corrected chi connectivity index (χ1v) is 8.88. The molecule has 0 aliphatic heterocycles. The van der Waals surface area contributed by atoms with E-state index in [4.69, 9.17) is 9.47 Å². The van der Waals surface area contributed by atoms with Gasteiger partial charge in [0.05, 0.1) is 19.8 Å². The molecule has 0 aliphatic carbocycles. The number of ether oxygens (including phenoxy) is 2. The van der Waals surface area contributed by atoms with Gasteiger partial charge in [-0.05, 0) is 31.2 Å². The second-order valence-electron chi connectivity index (χ2n) is 6.27. The lowest BCUT2D eigenvalue weighted by molar-refractivity contribution is 0.397. The minimum atomic E-state index is -0.338. The first-order valence-electron chi connectivity index (χ1n) is 8.88. The van der Waals surface area contributed by atoms with Gasteiger partial charge in [-0.2, -0.15) is 4.98 Å². The maximum atomic E-state index is 14.2. The lowest BCUT2D eigenvalue weighted by atomic mass is 10.1. The van der Waals surface area contributed by atoms with Gasteiger partial charge in [0.1, 0.15) is 29.5 Å². The number of halogens is 1. The third-order valence-corrected chi connectivity index (χ3v) is 4.56. The van der Waals surface area contributed by atoms with Crippen LogP contribution in [0, 0.1) is 12.7 Å². The number of hydrogen-bond donors (Lipinski definition) is 1. The minimum Gasteiger partial charge on any atom is -0.496 e. The van der Waals surface area contributed by atoms with Gasteiger partial charge in [-0.15, -0.1) is 10.2 Å². The Kier molecular flexibility index (Phi) is 4.94. The molecule has 0 fully saturated rings. The Balaban J connectivity index is 1.71. The molecule has 4 aromatic rings. The number of hydrogen-bond acceptors (Lipinski definition) is 7. The quantitative estimate of drug-likeness (QED) is 0.537. The minimum absolute atomic E-state index is 0.236. The molecule has 9 heteroatoms. The van der Waals surface area contributed by atoms with E-state index in [-0.39, 0.29) is 12.4 Å². The third-order valence-electron chi connectivity index (χ3n) is 4.56. The van der Waals surface area contributed by atoms with E-state index in [0.717, 1.165) is 5.56 Å². The van der Waals surface area contributed by atoms with Crippen molar-refractivity contribution in [2.75, 3.05) is 19.5 Å². The summed E-state index contributed by atoms with van der Waals surface area (Å²) in [6.45, 7) is 2.03. The highest BCUT2D eigenvalue weighted by Crippen LogP contribution is 2.32. The summed E-state index contributed by atoms with van der Waals surface area (Å²) >= 11 is 0. The van der Waals surface area contributed by atoms with E-state index in [1.54, 1.807) is 43.1 Å². The van der Waals surface area contributed by atoms with Gasteiger partial charge in [0.25, 0.3) is 0 Å². The monoisotopic (exact) mass is 394 g/mol. The number of anilines is 1. The molecule has 0 saturated heterocycles. The van der Waals surface area contributed by atoms with Gasteiger partial charge in [0.15, 0.2) is 5.65 Å². The molecule has 0 aliphatic rings. The fourth-order valence-electron chi connectivity index (χ4n) is 3.14. The first-order chi connectivity index (χ1) is 14.1. The summed E-state index contributed by atoms with van der Waals surface area (Å²) in [4.78, 5) is 8.59. The maximum absolute atomic E-state index is 14.2. The molecule has 4 rings (SSSR count). The average molecular weight is 394 g/mol. The van der Waals surface area contributed by atoms with Gasteiger partial charge >= 0.3 is 0 Å². The summed E-state index contributed by atoms with van der Waals surface area (Å²) in [6, 6.07) is 8.48. The number of pyridine rings is 1. The highest BCUT2D eigenvalue weighted by molar-refractivity contribution is 5.81. The standard InChI is InChI=1S/C20H19FN6O2/c1-12-22-9-14(20(25-12)29-3)13-7-8-18(27-11-24-26-19(13)27)23-10-15-16(21)5-4-6-17(15)28-2/h4-9,11,23H,10H2,1-3H3. The van der Waals surface area contributed by atoms with Crippen LogP contribution >= 0.6 is 0 Å². The van der Waals surface area contributed by atoms with E-state index in [1.807, 2.05) is 12.1 Å². The van der Waals surface area contributed by atoms with Crippen LogP contribution in [0.1, 0.15) is 11.4 Å². The van der Waals surface area contributed by atoms with Crippen LogP contribution in [-0.2, 0) is 6.54 Å². The molecule has 148 valence electrons. The number of rotatable bonds is 6. The molecule has 1 aromatic carbocycles. The van der Waals surface area contributed by atoms with Gasteiger partial charge in [-0.1, -0.05) is 6.07 Å². The molecule has 0 atom stereocenters. The molecule has 0 saturated carbocycles. The maximum Gasteiger partial charge on any atom is 0.224 e. The van der Waals surface area contributed by atoms with Crippen molar-refractivity contribution < 1.29 is 13.9 Å². The molecule has 0 unspecified atom stereocenters. The Labute approximate surface area is 166 Å². The summed E-state index contributed by atoms with van der Waals surface area (Å²) < 4.78 is 26.7. The highest BCUT2D eigenvalue weighted by Gasteiger charge is 2.16. The van der Waals surface area contributed by atoms with Crippen LogP contribution in [0.2, 0.25) is 0 Å². The second-order valence-corrected chi connectivity index (χ2v) is 6.27. The van der Waals surface area contributed by atoms with Crippen LogP contribution in [-0.4, -0.2) is 38.8 Å². The lowest BCUT2D eigenvalue weighted by Crippen LogP contribution is -2.07. The zero-order valence-electron chi connectivity index (χ0n) is 16.2. The van der Waals surface area contributed by atoms with Crippen molar-refractivity contribution >= 4 is 11.5 Å². The van der Waals surface area contributed by atoms with Crippen LogP contribution < -0.4 is 14.8 Å². The average Bonchev–Trinajstić information content (AvgIpc) is 3.23. The van der Waals surface area contributed by atoms with Gasteiger partial charge in [-0.3, -0.25) is 4.40 Å². The Morgan fingerprint density at radius 3 is 2.76 bits per heavy atom. The molecule has 0 bridgehead atoms. The van der Waals surface area contributed by atoms with Gasteiger partial charge in [0.2, 0.25) is 5.88 Å². The Bertz CT molecular complexity index is 1180. The largest absolute Gasteiger partial charge is 0.496 e. The van der Waals surface area contributed by atoms with Crippen molar-refractivity contribution in [3.05, 3.63) is 60.1 Å². The van der Waals surface area contributed by atoms with E-state index in [1.165, 1.54) is 13.2 Å². The molecule has 0 radical (unpaired) electrons. The molecule has 3 heterocycles. The number of fused-ring (bicyclic) bond motifs is 1. The molecule has 1 N–H and O–H groups in total. The number of nitrogens with zero attached hydrogens (tertiary/aromatic N) is 5. The van der Waals surface area contributed by atoms with Crippen LogP contribution in [0.5, 0.6) is 11.6 Å². The summed E-state index contributed by atoms with van der Waals surface area (Å²) in [5, 5.41) is 11.5. The molecular weight excluding hydrogens is 375 g/mol. The summed E-state index contributed by atoms with van der Waals surface area (Å²) in [6.07, 6.45) is 3.28. The van der Waals surface area contributed by atoms with Crippen molar-refractivity contribution in [2.24, 2.45) is 0 Å². The molecular formula is C20H19FN6O2. The second kappa shape index (κ2) is 7.70. The van der Waals surface area contributed by atoms with Crippen molar-refractivity contribution in [1.82, 2.24) is 24.6 Å². The van der Waals surface area contributed by atoms with Crippen molar-refractivity contribution in [2.45, 2.75) is 13.5 Å². The highest BCUT2D eigenvalue weighted by atomic mass is 19.1. The predicted molar refractivity (Wildman–Crippen MR) is 106 cm³/mol. The Morgan fingerprint density at radius 2 is 1.97 bits per heavy atom. The van der Waals surface area contributed by atoms with E-state index in [9.17, 15) is 4.39 Å². The van der Waals surface area contributed by atoms with E-state index in [0.29, 0.717) is 40.0 Å². The van der Waals surface area contributed by atoms with Crippen LogP contribution in [0.3, 0.4) is 0 Å². The molecule has 29 heavy (non-hydrogen) atoms. The molecule has 0 amide bonds. The lowest BCUT2D eigenvalue weighted by Gasteiger charge is -2.14. The SMILES string of the molecule is COc1cccc(F)c1CNc1ccc(-c2cnc(C)nc2OC)c2nncn12. The fraction of sp³-hybridized carbons (Fsp3) is 0.200. The number of nitrogens with one attached hydrogen (secondary N) is 1. The third kappa shape index (κ3) is 3.42. The number of methoxy groups -OCH3 is 2. The summed E-state index contributed by atoms with van der Waals surface area (Å²) in [5.74, 6) is 1.91. The van der Waals surface area contributed by atoms with Crippen LogP contribution in [0.15, 0.2) is 42.9 Å². The predicted octanol–water partition coefficient (Wildman–Crippen LogP) is 3.26. The van der Waals surface area contributed by atoms with Gasteiger partial charge < -0.3 is 14.8 Å². The number of aromatic nitrogens is 5. The Morgan fingerprint density at radius 1 is 1.10 bits per heavy atom. The van der Waals surface area contributed by atoms with Crippen LogP contribution in [0.25, 0.3) is 16.8 Å². The fourth-order valence-corrected chi connectivity index (χ4v) is 3.14. The van der Waals surface area contributed by atoms with E-state index < -0.39 is 0 Å². The van der Waals surface area contributed by atoms with Crippen LogP contribution in [0.4, 0.5) is 10.2 Å². The smallest absolute Gasteiger partial charge is 0.224 e. The summed E-state index contributed by atoms with van der Waals surface area (Å²) in [7, 11) is 3.08. The van der Waals surface area contributed by atoms with Crippen molar-refractivity contribution in [3.8, 4) is 22.8 Å². The van der Waals surface area contributed by atoms with Crippen molar-refractivity contribution in [3.63, 3.8) is 0 Å². The zero-order chi connectivity index (χ0) is 20.4. The molecule has 0 spiro atoms. The van der Waals surface area contributed by atoms with E-state index in [2.05, 4.69) is 25.5 Å². The van der Waals surface area contributed by atoms with Crippen molar-refractivity contribution in [1.29, 1.82) is 0 Å². The van der Waals surface area contributed by atoms with Gasteiger partial charge in [-0.25, -0.2) is 9.37 Å². The Hall–Kier alpha value is -3.75. The van der Waals surface area contributed by atoms with E-state index >= 15 is 0 Å².